The molecule has 144 valence electrons. The van der Waals surface area contributed by atoms with E-state index >= 15 is 0 Å². The third-order valence-corrected chi connectivity index (χ3v) is 4.67. The number of aryl methyl sites for hydroxylation is 1. The van der Waals surface area contributed by atoms with Crippen LogP contribution >= 0.6 is 0 Å². The van der Waals surface area contributed by atoms with E-state index in [-0.39, 0.29) is 24.6 Å². The topological polar surface area (TPSA) is 76.5 Å². The molecule has 0 bridgehead atoms. The number of carbonyl (C=O) groups excluding carboxylic acids is 1. The average Bonchev–Trinajstić information content (AvgIpc) is 3.19. The van der Waals surface area contributed by atoms with Crippen molar-refractivity contribution in [3.05, 3.63) is 51.9 Å². The SMILES string of the molecule is CCc1ccc(NC(=O)Cn2c(N3CCCC3)nc(COC)cc2=O)cc1. The number of hydrogen-bond acceptors (Lipinski definition) is 5. The molecule has 27 heavy (non-hydrogen) atoms. The first-order valence-corrected chi connectivity index (χ1v) is 9.34. The highest BCUT2D eigenvalue weighted by atomic mass is 16.5. The summed E-state index contributed by atoms with van der Waals surface area (Å²) >= 11 is 0. The van der Waals surface area contributed by atoms with Crippen molar-refractivity contribution in [2.75, 3.05) is 30.4 Å². The monoisotopic (exact) mass is 370 g/mol. The molecule has 0 spiro atoms. The molecule has 2 heterocycles. The maximum Gasteiger partial charge on any atom is 0.255 e. The summed E-state index contributed by atoms with van der Waals surface area (Å²) in [7, 11) is 1.57. The van der Waals surface area contributed by atoms with Crippen molar-refractivity contribution in [2.24, 2.45) is 0 Å². The van der Waals surface area contributed by atoms with Crippen molar-refractivity contribution < 1.29 is 9.53 Å². The smallest absolute Gasteiger partial charge is 0.255 e. The zero-order chi connectivity index (χ0) is 19.2. The summed E-state index contributed by atoms with van der Waals surface area (Å²) in [5.41, 5.74) is 2.27. The van der Waals surface area contributed by atoms with Gasteiger partial charge in [-0.1, -0.05) is 19.1 Å². The van der Waals surface area contributed by atoms with Crippen molar-refractivity contribution >= 4 is 17.5 Å². The molecule has 7 nitrogen and oxygen atoms in total. The summed E-state index contributed by atoms with van der Waals surface area (Å²) < 4.78 is 6.56. The van der Waals surface area contributed by atoms with Crippen LogP contribution < -0.4 is 15.8 Å². The van der Waals surface area contributed by atoms with Gasteiger partial charge in [0.25, 0.3) is 5.56 Å². The number of aromatic nitrogens is 2. The molecule has 7 heteroatoms. The predicted octanol–water partition coefficient (Wildman–Crippen LogP) is 2.19. The molecule has 1 N–H and O–H groups in total. The van der Waals surface area contributed by atoms with Gasteiger partial charge in [0.2, 0.25) is 11.9 Å². The van der Waals surface area contributed by atoms with Crippen LogP contribution in [0.25, 0.3) is 0 Å². The van der Waals surface area contributed by atoms with Crippen molar-refractivity contribution in [3.8, 4) is 0 Å². The normalized spacial score (nSPS) is 13.8. The lowest BCUT2D eigenvalue weighted by Gasteiger charge is -2.21. The van der Waals surface area contributed by atoms with Gasteiger partial charge in [0, 0.05) is 32.0 Å². The number of nitrogens with zero attached hydrogens (tertiary/aromatic N) is 3. The lowest BCUT2D eigenvalue weighted by Crippen LogP contribution is -2.34. The maximum atomic E-state index is 12.6. The van der Waals surface area contributed by atoms with Crippen LogP contribution in [0.2, 0.25) is 0 Å². The zero-order valence-electron chi connectivity index (χ0n) is 15.9. The number of nitrogens with one attached hydrogen (secondary N) is 1. The first-order valence-electron chi connectivity index (χ1n) is 9.34. The number of methoxy groups -OCH3 is 1. The lowest BCUT2D eigenvalue weighted by atomic mass is 10.1. The van der Waals surface area contributed by atoms with Gasteiger partial charge < -0.3 is 15.0 Å². The quantitative estimate of drug-likeness (QED) is 0.808. The van der Waals surface area contributed by atoms with Crippen LogP contribution in [0.1, 0.15) is 31.0 Å². The zero-order valence-corrected chi connectivity index (χ0v) is 15.9. The number of anilines is 2. The van der Waals surface area contributed by atoms with E-state index in [4.69, 9.17) is 4.74 Å². The molecule has 1 aliphatic heterocycles. The molecular weight excluding hydrogens is 344 g/mol. The number of amides is 1. The Hall–Kier alpha value is -2.67. The van der Waals surface area contributed by atoms with Gasteiger partial charge in [-0.3, -0.25) is 14.2 Å². The van der Waals surface area contributed by atoms with E-state index in [1.54, 1.807) is 7.11 Å². The summed E-state index contributed by atoms with van der Waals surface area (Å²) in [4.78, 5) is 31.8. The fraction of sp³-hybridized carbons (Fsp3) is 0.450. The fourth-order valence-corrected chi connectivity index (χ4v) is 3.24. The standard InChI is InChI=1S/C20H26N4O3/c1-3-15-6-8-16(9-7-15)21-18(25)13-24-19(26)12-17(14-27-2)22-20(24)23-10-4-5-11-23/h6-9,12H,3-5,10-11,13-14H2,1-2H3,(H,21,25). The Morgan fingerprint density at radius 3 is 2.56 bits per heavy atom. The first-order chi connectivity index (χ1) is 13.1. The van der Waals surface area contributed by atoms with Crippen molar-refractivity contribution in [2.45, 2.75) is 39.3 Å². The second-order valence-corrected chi connectivity index (χ2v) is 6.70. The minimum atomic E-state index is -0.247. The highest BCUT2D eigenvalue weighted by Crippen LogP contribution is 2.18. The highest BCUT2D eigenvalue weighted by Gasteiger charge is 2.20. The van der Waals surface area contributed by atoms with Gasteiger partial charge in [-0.15, -0.1) is 0 Å². The Bertz CT molecular complexity index is 839. The van der Waals surface area contributed by atoms with Crippen LogP contribution in [0.15, 0.2) is 35.1 Å². The van der Waals surface area contributed by atoms with Crippen LogP contribution in [0.4, 0.5) is 11.6 Å². The van der Waals surface area contributed by atoms with Gasteiger partial charge >= 0.3 is 0 Å². The Balaban J connectivity index is 1.81. The van der Waals surface area contributed by atoms with Gasteiger partial charge in [0.1, 0.15) is 6.54 Å². The van der Waals surface area contributed by atoms with E-state index in [1.165, 1.54) is 16.2 Å². The number of benzene rings is 1. The van der Waals surface area contributed by atoms with Crippen LogP contribution in [0, 0.1) is 0 Å². The Kier molecular flexibility index (Phi) is 6.24. The second-order valence-electron chi connectivity index (χ2n) is 6.70. The minimum absolute atomic E-state index is 0.0690. The van der Waals surface area contributed by atoms with Crippen LogP contribution in [-0.4, -0.2) is 35.7 Å². The van der Waals surface area contributed by atoms with Crippen molar-refractivity contribution in [3.63, 3.8) is 0 Å². The maximum absolute atomic E-state index is 12.6. The first kappa shape index (κ1) is 19.1. The molecule has 0 radical (unpaired) electrons. The Morgan fingerprint density at radius 1 is 1.22 bits per heavy atom. The summed E-state index contributed by atoms with van der Waals surface area (Å²) in [6.45, 7) is 3.96. The molecule has 3 rings (SSSR count). The van der Waals surface area contributed by atoms with E-state index in [9.17, 15) is 9.59 Å². The lowest BCUT2D eigenvalue weighted by molar-refractivity contribution is -0.116. The number of hydrogen-bond donors (Lipinski definition) is 1. The van der Waals surface area contributed by atoms with Gasteiger partial charge in [-0.2, -0.15) is 0 Å². The average molecular weight is 370 g/mol. The summed E-state index contributed by atoms with van der Waals surface area (Å²) in [5, 5.41) is 2.86. The molecule has 0 unspecified atom stereocenters. The molecule has 1 aliphatic rings. The number of rotatable bonds is 7. The summed E-state index contributed by atoms with van der Waals surface area (Å²) in [5.74, 6) is 0.298. The molecule has 0 saturated carbocycles. The molecule has 1 aromatic heterocycles. The number of carbonyl (C=O) groups is 1. The highest BCUT2D eigenvalue weighted by molar-refractivity contribution is 5.90. The van der Waals surface area contributed by atoms with Crippen LogP contribution in [0.5, 0.6) is 0 Å². The van der Waals surface area contributed by atoms with Gasteiger partial charge in [-0.25, -0.2) is 4.98 Å². The van der Waals surface area contributed by atoms with E-state index < -0.39 is 0 Å². The molecule has 1 saturated heterocycles. The Labute approximate surface area is 159 Å². The van der Waals surface area contributed by atoms with Gasteiger partial charge in [-0.05, 0) is 37.0 Å². The van der Waals surface area contributed by atoms with Gasteiger partial charge in [0.05, 0.1) is 12.3 Å². The van der Waals surface area contributed by atoms with E-state index in [2.05, 4.69) is 22.1 Å². The van der Waals surface area contributed by atoms with Crippen LogP contribution in [-0.2, 0) is 29.1 Å². The van der Waals surface area contributed by atoms with Crippen molar-refractivity contribution in [1.82, 2.24) is 9.55 Å². The van der Waals surface area contributed by atoms with Gasteiger partial charge in [0.15, 0.2) is 0 Å². The second kappa shape index (κ2) is 8.81. The molecule has 0 atom stereocenters. The molecule has 1 fully saturated rings. The molecular formula is C20H26N4O3. The third kappa shape index (κ3) is 4.74. The Morgan fingerprint density at radius 2 is 1.93 bits per heavy atom. The van der Waals surface area contributed by atoms with Crippen LogP contribution in [0.3, 0.4) is 0 Å². The van der Waals surface area contributed by atoms with E-state index in [1.807, 2.05) is 24.3 Å². The van der Waals surface area contributed by atoms with Crippen molar-refractivity contribution in [1.29, 1.82) is 0 Å². The number of ether oxygens (including phenoxy) is 1. The van der Waals surface area contributed by atoms with E-state index in [0.29, 0.717) is 11.6 Å². The molecule has 1 aromatic carbocycles. The summed E-state index contributed by atoms with van der Waals surface area (Å²) in [6.07, 6.45) is 3.06. The molecule has 1 amide bonds. The summed E-state index contributed by atoms with van der Waals surface area (Å²) in [6, 6.07) is 9.16. The molecule has 0 aliphatic carbocycles. The van der Waals surface area contributed by atoms with E-state index in [0.717, 1.165) is 38.0 Å². The minimum Gasteiger partial charge on any atom is -0.378 e. The molecule has 2 aromatic rings. The largest absolute Gasteiger partial charge is 0.378 e. The third-order valence-electron chi connectivity index (χ3n) is 4.67. The predicted molar refractivity (Wildman–Crippen MR) is 105 cm³/mol. The fourth-order valence-electron chi connectivity index (χ4n) is 3.24.